The Morgan fingerprint density at radius 3 is 2.30 bits per heavy atom. The van der Waals surface area contributed by atoms with Crippen molar-refractivity contribution in [2.45, 2.75) is 36.8 Å². The summed E-state index contributed by atoms with van der Waals surface area (Å²) in [4.78, 5) is 36.1. The Labute approximate surface area is 271 Å². The number of carbonyl (C=O) groups excluding carboxylic acids is 2. The zero-order valence-corrected chi connectivity index (χ0v) is 26.7. The van der Waals surface area contributed by atoms with Crippen LogP contribution in [0.15, 0.2) is 108 Å². The van der Waals surface area contributed by atoms with Gasteiger partial charge in [-0.3, -0.25) is 19.9 Å². The summed E-state index contributed by atoms with van der Waals surface area (Å²) in [6, 6.07) is 34.6. The Bertz CT molecular complexity index is 1650. The first-order chi connectivity index (χ1) is 22.3. The Hall–Kier alpha value is -4.69. The normalized spacial score (nSPS) is 21.4. The van der Waals surface area contributed by atoms with Crippen molar-refractivity contribution in [2.75, 3.05) is 40.3 Å². The predicted octanol–water partition coefficient (Wildman–Crippen LogP) is 4.62. The zero-order chi connectivity index (χ0) is 32.1. The fourth-order valence-corrected chi connectivity index (χ4v) is 6.76. The molecule has 2 amide bonds. The number of guanidine groups is 1. The number of fused-ring (bicyclic) bond motifs is 1. The molecule has 2 fully saturated rings. The first-order valence-corrected chi connectivity index (χ1v) is 16.3. The molecule has 1 spiro atoms. The molecule has 1 saturated heterocycles. The third kappa shape index (κ3) is 6.92. The maximum absolute atomic E-state index is 14.5. The van der Waals surface area contributed by atoms with E-state index < -0.39 is 5.54 Å². The Balaban J connectivity index is 1.21. The molecule has 8 nitrogen and oxygen atoms in total. The molecule has 1 aliphatic heterocycles. The summed E-state index contributed by atoms with van der Waals surface area (Å²) in [5, 5.41) is 9.05. The van der Waals surface area contributed by atoms with E-state index in [1.807, 2.05) is 68.7 Å². The van der Waals surface area contributed by atoms with Gasteiger partial charge in [0.1, 0.15) is 5.54 Å². The van der Waals surface area contributed by atoms with E-state index >= 15 is 0 Å². The summed E-state index contributed by atoms with van der Waals surface area (Å²) in [6.45, 7) is 2.20. The van der Waals surface area contributed by atoms with Crippen molar-refractivity contribution >= 4 is 28.5 Å². The topological polar surface area (TPSA) is 103 Å². The summed E-state index contributed by atoms with van der Waals surface area (Å²) in [5.41, 5.74) is 8.38. The quantitative estimate of drug-likeness (QED) is 0.178. The molecule has 0 radical (unpaired) electrons. The SMILES string of the molecule is CN(C)C(N)=NCCC1CC12N[C@H](CNC(=O)c1ccc3ccccc3c1)CCN(CC(c1ccccc1)c1ccccc1)C2=O. The van der Waals surface area contributed by atoms with Gasteiger partial charge >= 0.3 is 0 Å². The number of hydrogen-bond donors (Lipinski definition) is 3. The van der Waals surface area contributed by atoms with Crippen molar-refractivity contribution in [3.05, 3.63) is 120 Å². The molecule has 4 aromatic carbocycles. The van der Waals surface area contributed by atoms with Crippen molar-refractivity contribution in [1.29, 1.82) is 0 Å². The number of amides is 2. The largest absolute Gasteiger partial charge is 0.370 e. The third-order valence-electron chi connectivity index (χ3n) is 9.52. The van der Waals surface area contributed by atoms with Gasteiger partial charge in [-0.25, -0.2) is 0 Å². The van der Waals surface area contributed by atoms with Crippen molar-refractivity contribution in [3.8, 4) is 0 Å². The monoisotopic (exact) mass is 616 g/mol. The highest BCUT2D eigenvalue weighted by Gasteiger charge is 2.62. The molecule has 0 aromatic heterocycles. The van der Waals surface area contributed by atoms with Crippen LogP contribution in [0.3, 0.4) is 0 Å². The van der Waals surface area contributed by atoms with E-state index in [4.69, 9.17) is 5.73 Å². The van der Waals surface area contributed by atoms with Crippen molar-refractivity contribution in [2.24, 2.45) is 16.6 Å². The highest BCUT2D eigenvalue weighted by atomic mass is 16.2. The number of benzene rings is 4. The second-order valence-electron chi connectivity index (χ2n) is 12.8. The molecule has 3 atom stereocenters. The molecular weight excluding hydrogens is 572 g/mol. The molecule has 4 N–H and O–H groups in total. The smallest absolute Gasteiger partial charge is 0.251 e. The van der Waals surface area contributed by atoms with Gasteiger partial charge in [-0.05, 0) is 59.2 Å². The van der Waals surface area contributed by atoms with Crippen LogP contribution in [0, 0.1) is 5.92 Å². The van der Waals surface area contributed by atoms with Gasteiger partial charge in [0.2, 0.25) is 5.91 Å². The summed E-state index contributed by atoms with van der Waals surface area (Å²) >= 11 is 0. The number of hydrogen-bond acceptors (Lipinski definition) is 4. The van der Waals surface area contributed by atoms with Crippen LogP contribution in [0.2, 0.25) is 0 Å². The number of nitrogens with one attached hydrogen (secondary N) is 2. The van der Waals surface area contributed by atoms with Crippen molar-refractivity contribution in [3.63, 3.8) is 0 Å². The lowest BCUT2D eigenvalue weighted by atomic mass is 9.90. The fourth-order valence-electron chi connectivity index (χ4n) is 6.76. The molecule has 0 bridgehead atoms. The summed E-state index contributed by atoms with van der Waals surface area (Å²) in [5.74, 6) is 0.712. The van der Waals surface area contributed by atoms with E-state index in [1.54, 1.807) is 4.90 Å². The molecule has 2 aliphatic rings. The Morgan fingerprint density at radius 1 is 0.978 bits per heavy atom. The number of nitrogens with zero attached hydrogens (tertiary/aromatic N) is 3. The van der Waals surface area contributed by atoms with Crippen molar-refractivity contribution < 1.29 is 9.59 Å². The van der Waals surface area contributed by atoms with Crippen molar-refractivity contribution in [1.82, 2.24) is 20.4 Å². The van der Waals surface area contributed by atoms with E-state index in [1.165, 1.54) is 11.1 Å². The fraction of sp³-hybridized carbons (Fsp3) is 0.342. The lowest BCUT2D eigenvalue weighted by molar-refractivity contribution is -0.134. The van der Waals surface area contributed by atoms with Crippen LogP contribution >= 0.6 is 0 Å². The lowest BCUT2D eigenvalue weighted by Crippen LogP contribution is -2.52. The maximum atomic E-state index is 14.5. The van der Waals surface area contributed by atoms with Crippen LogP contribution in [-0.2, 0) is 4.79 Å². The van der Waals surface area contributed by atoms with Gasteiger partial charge in [0.15, 0.2) is 5.96 Å². The van der Waals surface area contributed by atoms with Crippen LogP contribution < -0.4 is 16.4 Å². The van der Waals surface area contributed by atoms with Gasteiger partial charge in [0.05, 0.1) is 0 Å². The standard InChI is InChI=1S/C38H44N6O2/c1-43(2)37(39)40-21-19-32-24-38(32)36(46)44(26-34(28-12-5-3-6-13-28)29-14-7-4-8-15-29)22-20-33(42-38)25-41-35(45)31-18-17-27-11-9-10-16-30(27)23-31/h3-18,23,32-34,42H,19-22,24-26H2,1-2H3,(H2,39,40)(H,41,45)/t32?,33-,38?/m0/s1. The first-order valence-electron chi connectivity index (χ1n) is 16.3. The second kappa shape index (κ2) is 13.7. The summed E-state index contributed by atoms with van der Waals surface area (Å²) in [6.07, 6.45) is 2.24. The molecule has 1 heterocycles. The van der Waals surface area contributed by atoms with Gasteiger partial charge in [-0.15, -0.1) is 0 Å². The molecular formula is C38H44N6O2. The summed E-state index contributed by atoms with van der Waals surface area (Å²) < 4.78 is 0. The third-order valence-corrected chi connectivity index (χ3v) is 9.52. The van der Waals surface area contributed by atoms with Crippen LogP contribution in [0.1, 0.15) is 46.7 Å². The van der Waals surface area contributed by atoms with E-state index in [2.05, 4.69) is 69.1 Å². The zero-order valence-electron chi connectivity index (χ0n) is 26.7. The van der Waals surface area contributed by atoms with E-state index in [0.717, 1.165) is 30.0 Å². The minimum absolute atomic E-state index is 0.0502. The Kier molecular flexibility index (Phi) is 9.35. The molecule has 238 valence electrons. The minimum Gasteiger partial charge on any atom is -0.370 e. The molecule has 46 heavy (non-hydrogen) atoms. The maximum Gasteiger partial charge on any atom is 0.251 e. The number of rotatable bonds is 10. The molecule has 1 saturated carbocycles. The van der Waals surface area contributed by atoms with Crippen LogP contribution in [0.25, 0.3) is 10.8 Å². The number of aliphatic imine (C=N–C) groups is 1. The van der Waals surface area contributed by atoms with E-state index in [9.17, 15) is 9.59 Å². The number of carbonyl (C=O) groups is 2. The molecule has 4 aromatic rings. The molecule has 6 rings (SSSR count). The molecule has 8 heteroatoms. The van der Waals surface area contributed by atoms with Gasteiger partial charge in [0.25, 0.3) is 5.91 Å². The van der Waals surface area contributed by atoms with Crippen LogP contribution in [0.5, 0.6) is 0 Å². The molecule has 2 unspecified atom stereocenters. The average molecular weight is 617 g/mol. The van der Waals surface area contributed by atoms with Crippen LogP contribution in [-0.4, -0.2) is 79.4 Å². The predicted molar refractivity (Wildman–Crippen MR) is 185 cm³/mol. The highest BCUT2D eigenvalue weighted by molar-refractivity contribution is 5.98. The van der Waals surface area contributed by atoms with E-state index in [-0.39, 0.29) is 29.7 Å². The Morgan fingerprint density at radius 2 is 1.63 bits per heavy atom. The first kappa shape index (κ1) is 31.3. The van der Waals surface area contributed by atoms with Gasteiger partial charge < -0.3 is 20.9 Å². The van der Waals surface area contributed by atoms with Gasteiger partial charge in [-0.2, -0.15) is 0 Å². The van der Waals surface area contributed by atoms with Gasteiger partial charge in [-0.1, -0.05) is 91.0 Å². The minimum atomic E-state index is -0.671. The average Bonchev–Trinajstić information content (AvgIpc) is 3.81. The second-order valence-corrected chi connectivity index (χ2v) is 12.8. The van der Waals surface area contributed by atoms with Gasteiger partial charge in [0, 0.05) is 57.8 Å². The number of nitrogens with two attached hydrogens (primary N) is 1. The molecule has 1 aliphatic carbocycles. The van der Waals surface area contributed by atoms with E-state index in [0.29, 0.717) is 37.7 Å². The van der Waals surface area contributed by atoms with Crippen LogP contribution in [0.4, 0.5) is 0 Å². The lowest BCUT2D eigenvalue weighted by Gasteiger charge is -2.30. The highest BCUT2D eigenvalue weighted by Crippen LogP contribution is 2.49. The summed E-state index contributed by atoms with van der Waals surface area (Å²) in [7, 11) is 3.75.